The van der Waals surface area contributed by atoms with Crippen molar-refractivity contribution in [2.75, 3.05) is 13.7 Å². The Morgan fingerprint density at radius 1 is 1.21 bits per heavy atom. The summed E-state index contributed by atoms with van der Waals surface area (Å²) in [6.45, 7) is 2.95. The number of halogens is 1. The van der Waals surface area contributed by atoms with Crippen LogP contribution >= 0.6 is 11.6 Å². The lowest BCUT2D eigenvalue weighted by Gasteiger charge is -2.15. The van der Waals surface area contributed by atoms with Gasteiger partial charge in [0.25, 0.3) is 0 Å². The van der Waals surface area contributed by atoms with Gasteiger partial charge in [0.05, 0.1) is 13.2 Å². The predicted octanol–water partition coefficient (Wildman–Crippen LogP) is 3.83. The van der Waals surface area contributed by atoms with Crippen LogP contribution in [0, 0.1) is 0 Å². The largest absolute Gasteiger partial charge is 0.497 e. The minimum atomic E-state index is 0.130. The number of rotatable bonds is 6. The van der Waals surface area contributed by atoms with Crippen LogP contribution in [0.3, 0.4) is 0 Å². The number of hydrogen-bond donors (Lipinski definition) is 1. The molecule has 1 N–H and O–H groups in total. The van der Waals surface area contributed by atoms with E-state index in [1.165, 1.54) is 5.56 Å². The molecule has 2 aromatic rings. The van der Waals surface area contributed by atoms with Crippen molar-refractivity contribution in [3.8, 4) is 5.75 Å². The molecule has 1 heterocycles. The molecular formula is C15H18ClNO2. The van der Waals surface area contributed by atoms with Crippen LogP contribution in [0.1, 0.15) is 24.3 Å². The quantitative estimate of drug-likeness (QED) is 0.872. The third kappa shape index (κ3) is 3.75. The first-order chi connectivity index (χ1) is 9.22. The van der Waals surface area contributed by atoms with Crippen molar-refractivity contribution < 1.29 is 9.15 Å². The Labute approximate surface area is 118 Å². The first kappa shape index (κ1) is 14.0. The highest BCUT2D eigenvalue weighted by molar-refractivity contribution is 6.28. The zero-order valence-electron chi connectivity index (χ0n) is 11.2. The second-order valence-corrected chi connectivity index (χ2v) is 4.68. The third-order valence-electron chi connectivity index (χ3n) is 2.99. The number of furan rings is 1. The van der Waals surface area contributed by atoms with Gasteiger partial charge in [-0.05, 0) is 54.4 Å². The molecule has 0 radical (unpaired) electrons. The van der Waals surface area contributed by atoms with Crippen molar-refractivity contribution in [1.82, 2.24) is 5.32 Å². The summed E-state index contributed by atoms with van der Waals surface area (Å²) in [7, 11) is 1.67. The summed E-state index contributed by atoms with van der Waals surface area (Å²) in [5.74, 6) is 1.73. The average Bonchev–Trinajstić information content (AvgIpc) is 2.86. The van der Waals surface area contributed by atoms with Gasteiger partial charge in [-0.1, -0.05) is 19.1 Å². The topological polar surface area (TPSA) is 34.4 Å². The van der Waals surface area contributed by atoms with Crippen molar-refractivity contribution >= 4 is 11.6 Å². The fourth-order valence-electron chi connectivity index (χ4n) is 2.03. The summed E-state index contributed by atoms with van der Waals surface area (Å²) < 4.78 is 10.7. The minimum Gasteiger partial charge on any atom is -0.497 e. The van der Waals surface area contributed by atoms with Gasteiger partial charge in [0, 0.05) is 0 Å². The van der Waals surface area contributed by atoms with E-state index >= 15 is 0 Å². The minimum absolute atomic E-state index is 0.130. The Kier molecular flexibility index (Phi) is 4.88. The Hall–Kier alpha value is -1.45. The molecular weight excluding hydrogens is 262 g/mol. The molecule has 1 aromatic carbocycles. The molecule has 3 nitrogen and oxygen atoms in total. The van der Waals surface area contributed by atoms with Crippen LogP contribution in [0.2, 0.25) is 5.22 Å². The molecule has 102 valence electrons. The molecule has 0 amide bonds. The van der Waals surface area contributed by atoms with Gasteiger partial charge >= 0.3 is 0 Å². The summed E-state index contributed by atoms with van der Waals surface area (Å²) in [5, 5.41) is 3.83. The Bertz CT molecular complexity index is 507. The summed E-state index contributed by atoms with van der Waals surface area (Å²) in [6, 6.07) is 11.9. The molecule has 0 saturated carbocycles. The van der Waals surface area contributed by atoms with Gasteiger partial charge in [-0.2, -0.15) is 0 Å². The van der Waals surface area contributed by atoms with E-state index in [2.05, 4.69) is 24.4 Å². The van der Waals surface area contributed by atoms with Crippen LogP contribution in [0.15, 0.2) is 40.8 Å². The number of ether oxygens (including phenoxy) is 1. The van der Waals surface area contributed by atoms with Gasteiger partial charge in [-0.15, -0.1) is 0 Å². The summed E-state index contributed by atoms with van der Waals surface area (Å²) in [4.78, 5) is 0. The molecule has 0 saturated heterocycles. The fourth-order valence-corrected chi connectivity index (χ4v) is 2.18. The number of benzene rings is 1. The molecule has 0 fully saturated rings. The molecule has 1 aromatic heterocycles. The van der Waals surface area contributed by atoms with E-state index in [4.69, 9.17) is 20.8 Å². The van der Waals surface area contributed by atoms with Gasteiger partial charge in [-0.25, -0.2) is 0 Å². The standard InChI is InChI=1S/C15H18ClNO2/c1-3-17-13(14-8-9-15(16)19-14)10-11-4-6-12(18-2)7-5-11/h4-9,13,17H,3,10H2,1-2H3. The second-order valence-electron chi connectivity index (χ2n) is 4.30. The molecule has 0 bridgehead atoms. The van der Waals surface area contributed by atoms with Gasteiger partial charge in [-0.3, -0.25) is 0 Å². The Morgan fingerprint density at radius 2 is 1.95 bits per heavy atom. The first-order valence-corrected chi connectivity index (χ1v) is 6.72. The van der Waals surface area contributed by atoms with E-state index in [0.29, 0.717) is 5.22 Å². The fraction of sp³-hybridized carbons (Fsp3) is 0.333. The highest BCUT2D eigenvalue weighted by atomic mass is 35.5. The van der Waals surface area contributed by atoms with Crippen molar-refractivity contribution in [3.05, 3.63) is 52.9 Å². The monoisotopic (exact) mass is 279 g/mol. The van der Waals surface area contributed by atoms with Crippen LogP contribution in [-0.4, -0.2) is 13.7 Å². The van der Waals surface area contributed by atoms with Crippen LogP contribution in [-0.2, 0) is 6.42 Å². The molecule has 2 rings (SSSR count). The lowest BCUT2D eigenvalue weighted by atomic mass is 10.0. The number of likely N-dealkylation sites (N-methyl/N-ethyl adjacent to an activating group) is 1. The number of nitrogens with one attached hydrogen (secondary N) is 1. The van der Waals surface area contributed by atoms with Crippen LogP contribution < -0.4 is 10.1 Å². The smallest absolute Gasteiger partial charge is 0.193 e. The molecule has 4 heteroatoms. The van der Waals surface area contributed by atoms with Gasteiger partial charge in [0.15, 0.2) is 5.22 Å². The SMILES string of the molecule is CCNC(Cc1ccc(OC)cc1)c1ccc(Cl)o1. The number of hydrogen-bond acceptors (Lipinski definition) is 3. The van der Waals surface area contributed by atoms with Crippen molar-refractivity contribution in [1.29, 1.82) is 0 Å². The Balaban J connectivity index is 2.11. The molecule has 0 aliphatic heterocycles. The van der Waals surface area contributed by atoms with Gasteiger partial charge in [0.1, 0.15) is 11.5 Å². The molecule has 0 aliphatic rings. The number of methoxy groups -OCH3 is 1. The lowest BCUT2D eigenvalue weighted by molar-refractivity contribution is 0.412. The molecule has 0 aliphatic carbocycles. The first-order valence-electron chi connectivity index (χ1n) is 6.34. The molecule has 1 atom stereocenters. The van der Waals surface area contributed by atoms with E-state index in [1.54, 1.807) is 13.2 Å². The van der Waals surface area contributed by atoms with E-state index in [0.717, 1.165) is 24.5 Å². The Morgan fingerprint density at radius 3 is 2.47 bits per heavy atom. The summed E-state index contributed by atoms with van der Waals surface area (Å²) in [5.41, 5.74) is 1.22. The van der Waals surface area contributed by atoms with Crippen molar-refractivity contribution in [2.24, 2.45) is 0 Å². The van der Waals surface area contributed by atoms with Crippen LogP contribution in [0.25, 0.3) is 0 Å². The zero-order chi connectivity index (χ0) is 13.7. The highest BCUT2D eigenvalue weighted by Crippen LogP contribution is 2.24. The summed E-state index contributed by atoms with van der Waals surface area (Å²) >= 11 is 5.84. The third-order valence-corrected chi connectivity index (χ3v) is 3.19. The average molecular weight is 280 g/mol. The van der Waals surface area contributed by atoms with Gasteiger partial charge in [0.2, 0.25) is 0 Å². The second kappa shape index (κ2) is 6.64. The molecule has 19 heavy (non-hydrogen) atoms. The van der Waals surface area contributed by atoms with Crippen LogP contribution in [0.4, 0.5) is 0 Å². The van der Waals surface area contributed by atoms with E-state index < -0.39 is 0 Å². The molecule has 1 unspecified atom stereocenters. The van der Waals surface area contributed by atoms with Crippen LogP contribution in [0.5, 0.6) is 5.75 Å². The van der Waals surface area contributed by atoms with E-state index in [9.17, 15) is 0 Å². The van der Waals surface area contributed by atoms with Crippen molar-refractivity contribution in [3.63, 3.8) is 0 Å². The van der Waals surface area contributed by atoms with E-state index in [-0.39, 0.29) is 6.04 Å². The highest BCUT2D eigenvalue weighted by Gasteiger charge is 2.15. The van der Waals surface area contributed by atoms with E-state index in [1.807, 2.05) is 18.2 Å². The molecule has 0 spiro atoms. The van der Waals surface area contributed by atoms with Crippen molar-refractivity contribution in [2.45, 2.75) is 19.4 Å². The maximum Gasteiger partial charge on any atom is 0.193 e. The maximum absolute atomic E-state index is 5.84. The lowest BCUT2D eigenvalue weighted by Crippen LogP contribution is -2.22. The predicted molar refractivity (Wildman–Crippen MR) is 76.8 cm³/mol. The summed E-state index contributed by atoms with van der Waals surface area (Å²) in [6.07, 6.45) is 0.849. The van der Waals surface area contributed by atoms with Gasteiger partial charge < -0.3 is 14.5 Å². The normalized spacial score (nSPS) is 12.4. The zero-order valence-corrected chi connectivity index (χ0v) is 11.9. The maximum atomic E-state index is 5.84.